The molecule has 0 unspecified atom stereocenters. The van der Waals surface area contributed by atoms with Gasteiger partial charge in [-0.3, -0.25) is 0 Å². The Morgan fingerprint density at radius 2 is 2.00 bits per heavy atom. The number of benzene rings is 1. The van der Waals surface area contributed by atoms with E-state index in [-0.39, 0.29) is 12.1 Å². The summed E-state index contributed by atoms with van der Waals surface area (Å²) in [5.74, 6) is -0.393. The highest BCUT2D eigenvalue weighted by molar-refractivity contribution is 5.63. The number of ether oxygens (including phenoxy) is 3. The van der Waals surface area contributed by atoms with E-state index in [4.69, 9.17) is 19.0 Å². The van der Waals surface area contributed by atoms with Gasteiger partial charge >= 0.3 is 0 Å². The Balaban J connectivity index is 1.11. The molecule has 5 rings (SSSR count). The first-order chi connectivity index (χ1) is 15.2. The van der Waals surface area contributed by atoms with Crippen molar-refractivity contribution in [1.29, 1.82) is 0 Å². The topological polar surface area (TPSA) is 100 Å². The van der Waals surface area contributed by atoms with Crippen molar-refractivity contribution >= 4 is 6.21 Å². The van der Waals surface area contributed by atoms with Crippen molar-refractivity contribution in [2.24, 2.45) is 5.16 Å². The third-order valence-electron chi connectivity index (χ3n) is 6.15. The SMILES string of the molecule is O[C@@H]1COC[C@H]1n1cc(-c2ccc(CO/N=C/[C@H]3COC4(CCCCC4)O3)cc2)nn1. The maximum absolute atomic E-state index is 9.94. The fourth-order valence-electron chi connectivity index (χ4n) is 4.35. The van der Waals surface area contributed by atoms with Gasteiger partial charge in [-0.2, -0.15) is 0 Å². The minimum atomic E-state index is -0.552. The molecule has 3 aliphatic rings. The molecule has 3 atom stereocenters. The summed E-state index contributed by atoms with van der Waals surface area (Å²) in [6, 6.07) is 7.71. The lowest BCUT2D eigenvalue weighted by atomic mass is 9.94. The summed E-state index contributed by atoms with van der Waals surface area (Å²) in [6.45, 7) is 1.68. The van der Waals surface area contributed by atoms with Crippen LogP contribution in [0.25, 0.3) is 11.3 Å². The second-order valence-corrected chi connectivity index (χ2v) is 8.42. The fourth-order valence-corrected chi connectivity index (χ4v) is 4.35. The minimum absolute atomic E-state index is 0.146. The van der Waals surface area contributed by atoms with Crippen LogP contribution in [0.2, 0.25) is 0 Å². The van der Waals surface area contributed by atoms with Gasteiger partial charge in [0.05, 0.1) is 32.2 Å². The molecule has 2 aliphatic heterocycles. The number of aromatic nitrogens is 3. The van der Waals surface area contributed by atoms with Crippen LogP contribution < -0.4 is 0 Å². The summed E-state index contributed by atoms with van der Waals surface area (Å²) in [5, 5.41) is 22.4. The Morgan fingerprint density at radius 3 is 2.77 bits per heavy atom. The van der Waals surface area contributed by atoms with Crippen molar-refractivity contribution in [3.8, 4) is 11.3 Å². The molecule has 1 saturated carbocycles. The van der Waals surface area contributed by atoms with Crippen LogP contribution in [0.3, 0.4) is 0 Å². The van der Waals surface area contributed by atoms with Crippen LogP contribution in [0.1, 0.15) is 43.7 Å². The summed E-state index contributed by atoms with van der Waals surface area (Å²) in [6.07, 6.45) is 8.33. The van der Waals surface area contributed by atoms with E-state index < -0.39 is 11.9 Å². The Kier molecular flexibility index (Phi) is 5.99. The quantitative estimate of drug-likeness (QED) is 0.557. The molecule has 0 bridgehead atoms. The Hall–Kier alpha value is -2.33. The van der Waals surface area contributed by atoms with Crippen molar-refractivity contribution < 1.29 is 24.2 Å². The zero-order chi connectivity index (χ0) is 21.1. The number of hydrogen-bond donors (Lipinski definition) is 1. The molecule has 166 valence electrons. The lowest BCUT2D eigenvalue weighted by Crippen LogP contribution is -2.33. The van der Waals surface area contributed by atoms with Gasteiger partial charge in [-0.1, -0.05) is 41.1 Å². The van der Waals surface area contributed by atoms with Crippen LogP contribution in [-0.2, 0) is 25.7 Å². The zero-order valence-electron chi connectivity index (χ0n) is 17.4. The first-order valence-corrected chi connectivity index (χ1v) is 10.9. The molecule has 9 heteroatoms. The molecule has 0 radical (unpaired) electrons. The molecule has 1 spiro atoms. The van der Waals surface area contributed by atoms with E-state index in [1.165, 1.54) is 6.42 Å². The van der Waals surface area contributed by atoms with Crippen molar-refractivity contribution in [1.82, 2.24) is 15.0 Å². The average Bonchev–Trinajstić information content (AvgIpc) is 3.53. The monoisotopic (exact) mass is 428 g/mol. The van der Waals surface area contributed by atoms with Crippen LogP contribution in [0.5, 0.6) is 0 Å². The maximum Gasteiger partial charge on any atom is 0.169 e. The molecule has 2 aromatic rings. The smallest absolute Gasteiger partial charge is 0.169 e. The number of oxime groups is 1. The lowest BCUT2D eigenvalue weighted by Gasteiger charge is -2.31. The highest BCUT2D eigenvalue weighted by Gasteiger charge is 2.41. The maximum atomic E-state index is 9.94. The van der Waals surface area contributed by atoms with Crippen LogP contribution in [0, 0.1) is 0 Å². The Bertz CT molecular complexity index is 894. The summed E-state index contributed by atoms with van der Waals surface area (Å²) in [7, 11) is 0. The molecular weight excluding hydrogens is 400 g/mol. The predicted octanol–water partition coefficient (Wildman–Crippen LogP) is 2.46. The van der Waals surface area contributed by atoms with Crippen molar-refractivity contribution in [2.45, 2.75) is 62.7 Å². The number of aliphatic hydroxyl groups is 1. The molecule has 9 nitrogen and oxygen atoms in total. The number of hydrogen-bond acceptors (Lipinski definition) is 8. The van der Waals surface area contributed by atoms with Gasteiger partial charge in [-0.25, -0.2) is 4.68 Å². The summed E-state index contributed by atoms with van der Waals surface area (Å²) >= 11 is 0. The van der Waals surface area contributed by atoms with E-state index in [0.717, 1.165) is 42.5 Å². The van der Waals surface area contributed by atoms with Crippen LogP contribution in [0.15, 0.2) is 35.6 Å². The van der Waals surface area contributed by atoms with E-state index in [0.29, 0.717) is 26.4 Å². The third kappa shape index (κ3) is 4.64. The first kappa shape index (κ1) is 20.6. The average molecular weight is 428 g/mol. The van der Waals surface area contributed by atoms with E-state index in [9.17, 15) is 5.11 Å². The van der Waals surface area contributed by atoms with Gasteiger partial charge in [0.1, 0.15) is 30.6 Å². The zero-order valence-corrected chi connectivity index (χ0v) is 17.4. The predicted molar refractivity (Wildman–Crippen MR) is 111 cm³/mol. The molecule has 3 heterocycles. The Morgan fingerprint density at radius 1 is 1.16 bits per heavy atom. The largest absolute Gasteiger partial charge is 0.391 e. The second kappa shape index (κ2) is 9.04. The van der Waals surface area contributed by atoms with E-state index in [1.807, 2.05) is 30.5 Å². The normalized spacial score (nSPS) is 28.0. The molecule has 31 heavy (non-hydrogen) atoms. The highest BCUT2D eigenvalue weighted by atomic mass is 16.7. The van der Waals surface area contributed by atoms with Crippen molar-refractivity contribution in [3.63, 3.8) is 0 Å². The van der Waals surface area contributed by atoms with Crippen LogP contribution in [0.4, 0.5) is 0 Å². The lowest BCUT2D eigenvalue weighted by molar-refractivity contribution is -0.181. The van der Waals surface area contributed by atoms with E-state index in [1.54, 1.807) is 10.9 Å². The van der Waals surface area contributed by atoms with Gasteiger partial charge in [-0.05, 0) is 18.4 Å². The number of rotatable bonds is 6. The molecule has 2 saturated heterocycles. The molecule has 0 amide bonds. The third-order valence-corrected chi connectivity index (χ3v) is 6.15. The first-order valence-electron chi connectivity index (χ1n) is 10.9. The van der Waals surface area contributed by atoms with Gasteiger partial charge in [0.25, 0.3) is 0 Å². The van der Waals surface area contributed by atoms with Crippen molar-refractivity contribution in [3.05, 3.63) is 36.0 Å². The molecule has 1 aliphatic carbocycles. The second-order valence-electron chi connectivity index (χ2n) is 8.42. The molecule has 1 aromatic carbocycles. The summed E-state index contributed by atoms with van der Waals surface area (Å²) < 4.78 is 18.9. The van der Waals surface area contributed by atoms with E-state index in [2.05, 4.69) is 15.5 Å². The van der Waals surface area contributed by atoms with Gasteiger partial charge in [0.15, 0.2) is 5.79 Å². The van der Waals surface area contributed by atoms with Gasteiger partial charge in [-0.15, -0.1) is 5.10 Å². The van der Waals surface area contributed by atoms with Gasteiger partial charge < -0.3 is 24.2 Å². The van der Waals surface area contributed by atoms with Crippen LogP contribution >= 0.6 is 0 Å². The fraction of sp³-hybridized carbons (Fsp3) is 0.591. The minimum Gasteiger partial charge on any atom is -0.391 e. The van der Waals surface area contributed by atoms with E-state index >= 15 is 0 Å². The number of nitrogens with zero attached hydrogens (tertiary/aromatic N) is 4. The Labute approximate surface area is 180 Å². The van der Waals surface area contributed by atoms with Gasteiger partial charge in [0.2, 0.25) is 0 Å². The highest BCUT2D eigenvalue weighted by Crippen LogP contribution is 2.37. The molecule has 1 N–H and O–H groups in total. The van der Waals surface area contributed by atoms with Crippen molar-refractivity contribution in [2.75, 3.05) is 19.8 Å². The summed E-state index contributed by atoms with van der Waals surface area (Å²) in [4.78, 5) is 5.45. The van der Waals surface area contributed by atoms with Crippen LogP contribution in [-0.4, -0.2) is 64.1 Å². The summed E-state index contributed by atoms with van der Waals surface area (Å²) in [5.41, 5.74) is 2.70. The number of aliphatic hydroxyl groups excluding tert-OH is 1. The molecule has 1 aromatic heterocycles. The molecule has 3 fully saturated rings. The molecular formula is C22H28N4O5. The standard InChI is InChI=1S/C22H28N4O5/c27-21-15-28-14-20(21)26-11-19(24-25-26)17-6-4-16(5-7-17)12-30-23-10-18-13-29-22(31-18)8-2-1-3-9-22/h4-7,10-11,18,20-21,27H,1-3,8-9,12-15H2/b23-10+/t18-,20+,21+/m0/s1. The van der Waals surface area contributed by atoms with Gasteiger partial charge in [0, 0.05) is 18.4 Å².